The number of halogens is 1. The molecule has 0 N–H and O–H groups in total. The van der Waals surface area contributed by atoms with Crippen molar-refractivity contribution in [2.24, 2.45) is 0 Å². The number of nitrogens with zero attached hydrogens (tertiary/aromatic N) is 3. The van der Waals surface area contributed by atoms with E-state index in [0.29, 0.717) is 40.3 Å². The second-order valence-corrected chi connectivity index (χ2v) is 7.32. The van der Waals surface area contributed by atoms with Crippen LogP contribution in [0.1, 0.15) is 48.1 Å². The van der Waals surface area contributed by atoms with Crippen LogP contribution in [0.25, 0.3) is 10.9 Å². The first-order chi connectivity index (χ1) is 13.4. The number of carbonyl (C=O) groups excluding carboxylic acids is 1. The predicted molar refractivity (Wildman–Crippen MR) is 113 cm³/mol. The first-order valence-corrected chi connectivity index (χ1v) is 9.79. The van der Waals surface area contributed by atoms with Crippen molar-refractivity contribution in [2.45, 2.75) is 39.8 Å². The maximum Gasteiger partial charge on any atom is 0.261 e. The van der Waals surface area contributed by atoms with Gasteiger partial charge < -0.3 is 4.90 Å². The first kappa shape index (κ1) is 20.1. The van der Waals surface area contributed by atoms with Gasteiger partial charge in [0, 0.05) is 24.2 Å². The highest BCUT2D eigenvalue weighted by Gasteiger charge is 2.26. The number of amides is 1. The van der Waals surface area contributed by atoms with Gasteiger partial charge in [-0.1, -0.05) is 36.2 Å². The van der Waals surface area contributed by atoms with Crippen LogP contribution in [0.4, 0.5) is 0 Å². The minimum absolute atomic E-state index is 0.102. The number of hydrogen-bond acceptors (Lipinski definition) is 3. The Kier molecular flexibility index (Phi) is 5.84. The van der Waals surface area contributed by atoms with Crippen LogP contribution >= 0.6 is 11.6 Å². The summed E-state index contributed by atoms with van der Waals surface area (Å²) in [5.74, 6) is 0.475. The number of benzene rings is 2. The van der Waals surface area contributed by atoms with Crippen molar-refractivity contribution in [3.63, 3.8) is 0 Å². The first-order valence-electron chi connectivity index (χ1n) is 9.41. The van der Waals surface area contributed by atoms with Crippen LogP contribution in [0, 0.1) is 6.92 Å². The van der Waals surface area contributed by atoms with E-state index in [0.717, 1.165) is 5.56 Å². The van der Waals surface area contributed by atoms with E-state index in [1.165, 1.54) is 0 Å². The molecule has 2 aromatic carbocycles. The van der Waals surface area contributed by atoms with E-state index in [1.54, 1.807) is 34.7 Å². The number of fused-ring (bicyclic) bond motifs is 1. The molecule has 6 heteroatoms. The molecule has 1 amide bonds. The Morgan fingerprint density at radius 3 is 2.46 bits per heavy atom. The second-order valence-electron chi connectivity index (χ2n) is 6.89. The Hall–Kier alpha value is -2.66. The van der Waals surface area contributed by atoms with Crippen LogP contribution < -0.4 is 5.56 Å². The summed E-state index contributed by atoms with van der Waals surface area (Å²) in [6, 6.07) is 12.2. The topological polar surface area (TPSA) is 55.2 Å². The van der Waals surface area contributed by atoms with Crippen molar-refractivity contribution >= 4 is 28.4 Å². The molecule has 3 aromatic rings. The minimum Gasteiger partial charge on any atom is -0.332 e. The van der Waals surface area contributed by atoms with Gasteiger partial charge in [0.15, 0.2) is 0 Å². The van der Waals surface area contributed by atoms with Crippen molar-refractivity contribution in [1.29, 1.82) is 0 Å². The molecule has 146 valence electrons. The van der Waals surface area contributed by atoms with E-state index in [4.69, 9.17) is 16.6 Å². The average molecular weight is 398 g/mol. The predicted octanol–water partition coefficient (Wildman–Crippen LogP) is 4.60. The van der Waals surface area contributed by atoms with Crippen LogP contribution in [-0.4, -0.2) is 27.4 Å². The number of hydrogen-bond donors (Lipinski definition) is 0. The summed E-state index contributed by atoms with van der Waals surface area (Å²) in [7, 11) is 1.75. The number of carbonyl (C=O) groups is 1. The van der Waals surface area contributed by atoms with Crippen molar-refractivity contribution in [3.8, 4) is 0 Å². The lowest BCUT2D eigenvalue weighted by Crippen LogP contribution is -2.36. The highest BCUT2D eigenvalue weighted by molar-refractivity contribution is 6.31. The van der Waals surface area contributed by atoms with Gasteiger partial charge in [-0.15, -0.1) is 0 Å². The molecule has 1 unspecified atom stereocenters. The summed E-state index contributed by atoms with van der Waals surface area (Å²) in [4.78, 5) is 32.4. The zero-order valence-electron chi connectivity index (χ0n) is 16.6. The molecule has 1 atom stereocenters. The van der Waals surface area contributed by atoms with E-state index < -0.39 is 0 Å². The van der Waals surface area contributed by atoms with Gasteiger partial charge in [0.05, 0.1) is 16.9 Å². The molecule has 0 bridgehead atoms. The maximum atomic E-state index is 13.0. The Balaban J connectivity index is 2.10. The van der Waals surface area contributed by atoms with Gasteiger partial charge >= 0.3 is 0 Å². The normalized spacial score (nSPS) is 12.2. The van der Waals surface area contributed by atoms with Gasteiger partial charge in [-0.05, 0) is 50.6 Å². The third kappa shape index (κ3) is 3.67. The Labute approximate surface area is 169 Å². The summed E-state index contributed by atoms with van der Waals surface area (Å²) in [5.41, 5.74) is 2.14. The Morgan fingerprint density at radius 2 is 1.86 bits per heavy atom. The van der Waals surface area contributed by atoms with Gasteiger partial charge in [0.25, 0.3) is 11.5 Å². The monoisotopic (exact) mass is 397 g/mol. The van der Waals surface area contributed by atoms with Gasteiger partial charge in [0.2, 0.25) is 0 Å². The zero-order chi connectivity index (χ0) is 20.4. The lowest BCUT2D eigenvalue weighted by atomic mass is 10.1. The smallest absolute Gasteiger partial charge is 0.261 e. The van der Waals surface area contributed by atoms with Crippen molar-refractivity contribution < 1.29 is 4.79 Å². The van der Waals surface area contributed by atoms with Crippen molar-refractivity contribution in [2.75, 3.05) is 7.05 Å². The van der Waals surface area contributed by atoms with Crippen LogP contribution in [0.2, 0.25) is 5.02 Å². The van der Waals surface area contributed by atoms with Gasteiger partial charge in [-0.3, -0.25) is 14.2 Å². The lowest BCUT2D eigenvalue weighted by Gasteiger charge is -2.29. The molecule has 0 saturated carbocycles. The molecule has 0 fully saturated rings. The summed E-state index contributed by atoms with van der Waals surface area (Å²) in [5, 5.41) is 1.05. The fourth-order valence-corrected chi connectivity index (χ4v) is 3.61. The summed E-state index contributed by atoms with van der Waals surface area (Å²) < 4.78 is 1.64. The molecule has 1 heterocycles. The number of rotatable bonds is 5. The molecule has 0 aliphatic rings. The molecule has 0 aliphatic carbocycles. The standard InChI is InChI=1S/C22H24ClN3O2/c1-5-19(25(4)21(27)15-9-7-14(3)8-10-15)20-24-18-13-16(23)11-12-17(18)22(28)26(20)6-2/h7-13,19H,5-6H2,1-4H3. The summed E-state index contributed by atoms with van der Waals surface area (Å²) in [6.45, 7) is 6.35. The third-order valence-electron chi connectivity index (χ3n) is 5.03. The van der Waals surface area contributed by atoms with Crippen molar-refractivity contribution in [3.05, 3.63) is 74.8 Å². The molecule has 0 aliphatic heterocycles. The highest BCUT2D eigenvalue weighted by Crippen LogP contribution is 2.25. The molecule has 0 saturated heterocycles. The molecule has 5 nitrogen and oxygen atoms in total. The average Bonchev–Trinajstić information content (AvgIpc) is 2.68. The quantitative estimate of drug-likeness (QED) is 0.632. The van der Waals surface area contributed by atoms with E-state index in [1.807, 2.05) is 45.0 Å². The fraction of sp³-hybridized carbons (Fsp3) is 0.318. The highest BCUT2D eigenvalue weighted by atomic mass is 35.5. The van der Waals surface area contributed by atoms with E-state index in [2.05, 4.69) is 0 Å². The summed E-state index contributed by atoms with van der Waals surface area (Å²) in [6.07, 6.45) is 0.632. The summed E-state index contributed by atoms with van der Waals surface area (Å²) >= 11 is 6.10. The van der Waals surface area contributed by atoms with Crippen LogP contribution in [0.3, 0.4) is 0 Å². The molecule has 28 heavy (non-hydrogen) atoms. The second kappa shape index (κ2) is 8.15. The molecular weight excluding hydrogens is 374 g/mol. The van der Waals surface area contributed by atoms with E-state index in [9.17, 15) is 9.59 Å². The molecule has 1 aromatic heterocycles. The van der Waals surface area contributed by atoms with Gasteiger partial charge in [0.1, 0.15) is 5.82 Å². The van der Waals surface area contributed by atoms with Crippen molar-refractivity contribution in [1.82, 2.24) is 14.5 Å². The van der Waals surface area contributed by atoms with Gasteiger partial charge in [-0.2, -0.15) is 0 Å². The Morgan fingerprint density at radius 1 is 1.18 bits per heavy atom. The number of aromatic nitrogens is 2. The largest absolute Gasteiger partial charge is 0.332 e. The zero-order valence-corrected chi connectivity index (χ0v) is 17.3. The van der Waals surface area contributed by atoms with E-state index in [-0.39, 0.29) is 17.5 Å². The minimum atomic E-state index is -0.329. The molecule has 0 radical (unpaired) electrons. The third-order valence-corrected chi connectivity index (χ3v) is 5.27. The van der Waals surface area contributed by atoms with E-state index >= 15 is 0 Å². The molecule has 3 rings (SSSR count). The SMILES string of the molecule is CCC(c1nc2cc(Cl)ccc2c(=O)n1CC)N(C)C(=O)c1ccc(C)cc1. The molecular formula is C22H24ClN3O2. The molecule has 0 spiro atoms. The fourth-order valence-electron chi connectivity index (χ4n) is 3.44. The van der Waals surface area contributed by atoms with Crippen LogP contribution in [0.5, 0.6) is 0 Å². The van der Waals surface area contributed by atoms with Crippen LogP contribution in [0.15, 0.2) is 47.3 Å². The maximum absolute atomic E-state index is 13.0. The van der Waals surface area contributed by atoms with Crippen LogP contribution in [-0.2, 0) is 6.54 Å². The Bertz CT molecular complexity index is 1070. The lowest BCUT2D eigenvalue weighted by molar-refractivity contribution is 0.0715. The number of aryl methyl sites for hydroxylation is 1. The van der Waals surface area contributed by atoms with Gasteiger partial charge in [-0.25, -0.2) is 4.98 Å².